The Bertz CT molecular complexity index is 431. The summed E-state index contributed by atoms with van der Waals surface area (Å²) in [5.74, 6) is 0.752. The summed E-state index contributed by atoms with van der Waals surface area (Å²) < 4.78 is 4.95. The molecule has 0 radical (unpaired) electrons. The Hall–Kier alpha value is -1.71. The molecular formula is C15H23NO3. The van der Waals surface area contributed by atoms with E-state index in [0.717, 1.165) is 12.8 Å². The van der Waals surface area contributed by atoms with Gasteiger partial charge in [-0.25, -0.2) is 0 Å². The highest BCUT2D eigenvalue weighted by Gasteiger charge is 2.13. The van der Waals surface area contributed by atoms with Gasteiger partial charge < -0.3 is 15.2 Å². The van der Waals surface area contributed by atoms with E-state index in [2.05, 4.69) is 19.2 Å². The Labute approximate surface area is 114 Å². The highest BCUT2D eigenvalue weighted by Crippen LogP contribution is 2.26. The molecule has 1 amide bonds. The predicted molar refractivity (Wildman–Crippen MR) is 75.7 cm³/mol. The number of nitrogens with one attached hydrogen (secondary N) is 1. The van der Waals surface area contributed by atoms with E-state index in [4.69, 9.17) is 4.74 Å². The van der Waals surface area contributed by atoms with Crippen LogP contribution in [0.15, 0.2) is 18.2 Å². The molecule has 1 aromatic rings. The molecule has 2 unspecified atom stereocenters. The Morgan fingerprint density at radius 2 is 2.11 bits per heavy atom. The molecule has 0 aliphatic rings. The average molecular weight is 265 g/mol. The van der Waals surface area contributed by atoms with E-state index in [1.807, 2.05) is 6.92 Å². The van der Waals surface area contributed by atoms with Crippen molar-refractivity contribution in [2.75, 3.05) is 7.11 Å². The van der Waals surface area contributed by atoms with E-state index in [1.54, 1.807) is 12.1 Å². The molecule has 0 bridgehead atoms. The standard InChI is InChI=1S/C15H23NO3/c1-5-10(2)8-11(3)16-15(18)12-6-7-14(19-4)13(17)9-12/h6-7,9-11,17H,5,8H2,1-4H3,(H,16,18). The van der Waals surface area contributed by atoms with Crippen LogP contribution in [0.2, 0.25) is 0 Å². The highest BCUT2D eigenvalue weighted by atomic mass is 16.5. The maximum atomic E-state index is 12.0. The fourth-order valence-electron chi connectivity index (χ4n) is 1.97. The maximum Gasteiger partial charge on any atom is 0.251 e. The minimum atomic E-state index is -0.172. The number of phenolic OH excluding ortho intramolecular Hbond substituents is 1. The van der Waals surface area contributed by atoms with Crippen molar-refractivity contribution in [3.8, 4) is 11.5 Å². The third-order valence-corrected chi connectivity index (χ3v) is 3.27. The van der Waals surface area contributed by atoms with E-state index in [1.165, 1.54) is 13.2 Å². The summed E-state index contributed by atoms with van der Waals surface area (Å²) in [5, 5.41) is 12.6. The van der Waals surface area contributed by atoms with Crippen molar-refractivity contribution in [2.24, 2.45) is 5.92 Å². The van der Waals surface area contributed by atoms with Gasteiger partial charge in [0.05, 0.1) is 7.11 Å². The third-order valence-electron chi connectivity index (χ3n) is 3.27. The Balaban J connectivity index is 2.65. The number of carbonyl (C=O) groups excluding carboxylic acids is 1. The van der Waals surface area contributed by atoms with Crippen molar-refractivity contribution in [3.63, 3.8) is 0 Å². The number of phenols is 1. The lowest BCUT2D eigenvalue weighted by molar-refractivity contribution is 0.0935. The molecule has 1 rings (SSSR count). The number of aromatic hydroxyl groups is 1. The van der Waals surface area contributed by atoms with Gasteiger partial charge in [0, 0.05) is 11.6 Å². The van der Waals surface area contributed by atoms with Crippen molar-refractivity contribution in [1.29, 1.82) is 0 Å². The summed E-state index contributed by atoms with van der Waals surface area (Å²) in [4.78, 5) is 12.0. The zero-order valence-electron chi connectivity index (χ0n) is 12.1. The summed E-state index contributed by atoms with van der Waals surface area (Å²) in [6.07, 6.45) is 2.05. The minimum absolute atomic E-state index is 0.0234. The molecule has 0 saturated heterocycles. The van der Waals surface area contributed by atoms with E-state index >= 15 is 0 Å². The fourth-order valence-corrected chi connectivity index (χ4v) is 1.97. The second-order valence-corrected chi connectivity index (χ2v) is 5.01. The molecular weight excluding hydrogens is 242 g/mol. The van der Waals surface area contributed by atoms with Gasteiger partial charge in [0.2, 0.25) is 0 Å². The number of hydrogen-bond donors (Lipinski definition) is 2. The average Bonchev–Trinajstić information content (AvgIpc) is 2.38. The largest absolute Gasteiger partial charge is 0.504 e. The summed E-state index contributed by atoms with van der Waals surface area (Å²) in [5.41, 5.74) is 0.439. The van der Waals surface area contributed by atoms with Crippen LogP contribution in [-0.2, 0) is 0 Å². The van der Waals surface area contributed by atoms with Crippen LogP contribution in [0.3, 0.4) is 0 Å². The Morgan fingerprint density at radius 1 is 1.42 bits per heavy atom. The highest BCUT2D eigenvalue weighted by molar-refractivity contribution is 5.95. The second-order valence-electron chi connectivity index (χ2n) is 5.01. The van der Waals surface area contributed by atoms with Gasteiger partial charge in [-0.05, 0) is 37.5 Å². The molecule has 0 fully saturated rings. The van der Waals surface area contributed by atoms with E-state index < -0.39 is 0 Å². The minimum Gasteiger partial charge on any atom is -0.504 e. The molecule has 1 aromatic carbocycles. The Morgan fingerprint density at radius 3 is 2.63 bits per heavy atom. The molecule has 4 heteroatoms. The molecule has 0 aliphatic carbocycles. The molecule has 19 heavy (non-hydrogen) atoms. The first-order valence-electron chi connectivity index (χ1n) is 6.65. The van der Waals surface area contributed by atoms with E-state index in [9.17, 15) is 9.90 Å². The number of methoxy groups -OCH3 is 1. The SMILES string of the molecule is CCC(C)CC(C)NC(=O)c1ccc(OC)c(O)c1. The third kappa shape index (κ3) is 4.47. The summed E-state index contributed by atoms with van der Waals surface area (Å²) in [6, 6.07) is 4.77. The molecule has 0 spiro atoms. The molecule has 2 N–H and O–H groups in total. The molecule has 0 heterocycles. The molecule has 2 atom stereocenters. The lowest BCUT2D eigenvalue weighted by atomic mass is 10.00. The van der Waals surface area contributed by atoms with Gasteiger partial charge in [0.1, 0.15) is 0 Å². The van der Waals surface area contributed by atoms with Gasteiger partial charge >= 0.3 is 0 Å². The summed E-state index contributed by atoms with van der Waals surface area (Å²) in [6.45, 7) is 6.30. The number of hydrogen-bond acceptors (Lipinski definition) is 3. The molecule has 4 nitrogen and oxygen atoms in total. The van der Waals surface area contributed by atoms with Crippen LogP contribution in [0.5, 0.6) is 11.5 Å². The van der Waals surface area contributed by atoms with Crippen LogP contribution < -0.4 is 10.1 Å². The van der Waals surface area contributed by atoms with Gasteiger partial charge in [-0.15, -0.1) is 0 Å². The van der Waals surface area contributed by atoms with Crippen molar-refractivity contribution in [2.45, 2.75) is 39.7 Å². The zero-order chi connectivity index (χ0) is 14.4. The number of amides is 1. The van der Waals surface area contributed by atoms with Crippen LogP contribution in [0.25, 0.3) is 0 Å². The van der Waals surface area contributed by atoms with Crippen molar-refractivity contribution in [3.05, 3.63) is 23.8 Å². The van der Waals surface area contributed by atoms with Gasteiger partial charge in [-0.1, -0.05) is 20.3 Å². The number of carbonyl (C=O) groups is 1. The first-order valence-corrected chi connectivity index (χ1v) is 6.65. The van der Waals surface area contributed by atoms with Crippen LogP contribution in [-0.4, -0.2) is 24.2 Å². The lowest BCUT2D eigenvalue weighted by Crippen LogP contribution is -2.33. The fraction of sp³-hybridized carbons (Fsp3) is 0.533. The van der Waals surface area contributed by atoms with Gasteiger partial charge in [0.15, 0.2) is 11.5 Å². The topological polar surface area (TPSA) is 58.6 Å². The first-order chi connectivity index (χ1) is 8.97. The van der Waals surface area contributed by atoms with Crippen molar-refractivity contribution < 1.29 is 14.6 Å². The number of benzene rings is 1. The number of rotatable bonds is 6. The summed E-state index contributed by atoms with van der Waals surface area (Å²) >= 11 is 0. The predicted octanol–water partition coefficient (Wildman–Crippen LogP) is 2.96. The van der Waals surface area contributed by atoms with Crippen LogP contribution >= 0.6 is 0 Å². The van der Waals surface area contributed by atoms with Gasteiger partial charge in [-0.2, -0.15) is 0 Å². The monoisotopic (exact) mass is 265 g/mol. The molecule has 106 valence electrons. The smallest absolute Gasteiger partial charge is 0.251 e. The van der Waals surface area contributed by atoms with Crippen LogP contribution in [0, 0.1) is 5.92 Å². The summed E-state index contributed by atoms with van der Waals surface area (Å²) in [7, 11) is 1.48. The van der Waals surface area contributed by atoms with E-state index in [0.29, 0.717) is 17.2 Å². The van der Waals surface area contributed by atoms with Crippen LogP contribution in [0.4, 0.5) is 0 Å². The Kier molecular flexibility index (Phi) is 5.67. The maximum absolute atomic E-state index is 12.0. The van der Waals surface area contributed by atoms with E-state index in [-0.39, 0.29) is 17.7 Å². The lowest BCUT2D eigenvalue weighted by Gasteiger charge is -2.17. The second kappa shape index (κ2) is 7.02. The van der Waals surface area contributed by atoms with Gasteiger partial charge in [0.25, 0.3) is 5.91 Å². The van der Waals surface area contributed by atoms with Crippen molar-refractivity contribution >= 4 is 5.91 Å². The first kappa shape index (κ1) is 15.3. The normalized spacial score (nSPS) is 13.7. The molecule has 0 saturated carbocycles. The molecule has 0 aromatic heterocycles. The zero-order valence-corrected chi connectivity index (χ0v) is 12.1. The van der Waals surface area contributed by atoms with Crippen LogP contribution in [0.1, 0.15) is 44.0 Å². The number of ether oxygens (including phenoxy) is 1. The quantitative estimate of drug-likeness (QED) is 0.831. The molecule has 0 aliphatic heterocycles. The van der Waals surface area contributed by atoms with Crippen molar-refractivity contribution in [1.82, 2.24) is 5.32 Å². The van der Waals surface area contributed by atoms with Gasteiger partial charge in [-0.3, -0.25) is 4.79 Å².